The van der Waals surface area contributed by atoms with Crippen LogP contribution in [0.2, 0.25) is 0 Å². The van der Waals surface area contributed by atoms with Gasteiger partial charge in [0, 0.05) is 22.3 Å². The lowest BCUT2D eigenvalue weighted by Gasteiger charge is -2.16. The number of hydrogen-bond donors (Lipinski definition) is 2. The van der Waals surface area contributed by atoms with Crippen molar-refractivity contribution < 1.29 is 4.79 Å². The van der Waals surface area contributed by atoms with Crippen LogP contribution in [0.15, 0.2) is 29.3 Å². The van der Waals surface area contributed by atoms with E-state index in [2.05, 4.69) is 32.9 Å². The van der Waals surface area contributed by atoms with Crippen LogP contribution in [0.3, 0.4) is 0 Å². The molecule has 0 heterocycles. The van der Waals surface area contributed by atoms with Crippen molar-refractivity contribution in [3.8, 4) is 0 Å². The van der Waals surface area contributed by atoms with Gasteiger partial charge >= 0.3 is 0 Å². The minimum Gasteiger partial charge on any atom is -0.370 e. The lowest BCUT2D eigenvalue weighted by molar-refractivity contribution is -0.114. The van der Waals surface area contributed by atoms with E-state index in [0.717, 1.165) is 22.1 Å². The van der Waals surface area contributed by atoms with Crippen molar-refractivity contribution in [1.82, 2.24) is 4.90 Å². The Morgan fingerprint density at radius 3 is 2.60 bits per heavy atom. The molecule has 1 amide bonds. The fourth-order valence-corrected chi connectivity index (χ4v) is 2.01. The summed E-state index contributed by atoms with van der Waals surface area (Å²) in [4.78, 5) is 17.8. The number of carbonyl (C=O) groups is 1. The molecule has 1 aliphatic carbocycles. The summed E-state index contributed by atoms with van der Waals surface area (Å²) in [6.07, 6.45) is 2.31. The van der Waals surface area contributed by atoms with Crippen LogP contribution in [-0.2, 0) is 4.79 Å². The summed E-state index contributed by atoms with van der Waals surface area (Å²) in [5.41, 5.74) is 6.59. The number of anilines is 1. The summed E-state index contributed by atoms with van der Waals surface area (Å²) in [5.74, 6) is 0.272. The summed E-state index contributed by atoms with van der Waals surface area (Å²) in [7, 11) is 1.91. The maximum absolute atomic E-state index is 11.7. The molecular formula is C13H18I2N4O. The van der Waals surface area contributed by atoms with E-state index >= 15 is 0 Å². The number of aliphatic imine (C=N–C) groups is 1. The average Bonchev–Trinajstić information content (AvgIpc) is 3.22. The predicted molar refractivity (Wildman–Crippen MR) is 100 cm³/mol. The summed E-state index contributed by atoms with van der Waals surface area (Å²) in [6.45, 7) is 0.0505. The molecule has 1 saturated carbocycles. The highest BCUT2D eigenvalue weighted by atomic mass is 127. The SMILES string of the molecule is CN(C(N)=NCC(=O)Nc1ccc(I)cc1)C1CC1.I. The summed E-state index contributed by atoms with van der Waals surface area (Å²) in [5, 5.41) is 2.78. The maximum atomic E-state index is 11.7. The van der Waals surface area contributed by atoms with E-state index in [9.17, 15) is 4.79 Å². The largest absolute Gasteiger partial charge is 0.370 e. The van der Waals surface area contributed by atoms with Gasteiger partial charge in [-0.15, -0.1) is 24.0 Å². The minimum absolute atomic E-state index is 0. The second kappa shape index (κ2) is 8.01. The Hall–Kier alpha value is -0.580. The molecule has 1 fully saturated rings. The van der Waals surface area contributed by atoms with E-state index in [1.807, 2.05) is 36.2 Å². The van der Waals surface area contributed by atoms with Crippen LogP contribution < -0.4 is 11.1 Å². The van der Waals surface area contributed by atoms with Crippen molar-refractivity contribution in [3.63, 3.8) is 0 Å². The zero-order valence-electron chi connectivity index (χ0n) is 11.2. The van der Waals surface area contributed by atoms with Gasteiger partial charge in [-0.05, 0) is 59.7 Å². The van der Waals surface area contributed by atoms with Crippen LogP contribution in [0.4, 0.5) is 5.69 Å². The maximum Gasteiger partial charge on any atom is 0.246 e. The first-order valence-electron chi connectivity index (χ1n) is 6.14. The molecule has 0 spiro atoms. The van der Waals surface area contributed by atoms with Gasteiger partial charge in [-0.1, -0.05) is 0 Å². The third kappa shape index (κ3) is 5.43. The van der Waals surface area contributed by atoms with Crippen LogP contribution in [-0.4, -0.2) is 36.4 Å². The summed E-state index contributed by atoms with van der Waals surface area (Å²) < 4.78 is 1.13. The zero-order valence-corrected chi connectivity index (χ0v) is 15.7. The van der Waals surface area contributed by atoms with Crippen LogP contribution in [0.1, 0.15) is 12.8 Å². The molecule has 7 heteroatoms. The first-order chi connectivity index (χ1) is 9.06. The molecule has 0 aromatic heterocycles. The van der Waals surface area contributed by atoms with Gasteiger partial charge in [-0.3, -0.25) is 4.79 Å². The van der Waals surface area contributed by atoms with Gasteiger partial charge < -0.3 is 16.0 Å². The Morgan fingerprint density at radius 1 is 1.45 bits per heavy atom. The number of rotatable bonds is 4. The van der Waals surface area contributed by atoms with Gasteiger partial charge in [0.15, 0.2) is 5.96 Å². The molecule has 1 aromatic carbocycles. The van der Waals surface area contributed by atoms with Gasteiger partial charge in [0.2, 0.25) is 5.91 Å². The van der Waals surface area contributed by atoms with E-state index in [1.54, 1.807) is 0 Å². The first-order valence-corrected chi connectivity index (χ1v) is 7.22. The van der Waals surface area contributed by atoms with Crippen LogP contribution in [0.5, 0.6) is 0 Å². The second-order valence-electron chi connectivity index (χ2n) is 4.57. The van der Waals surface area contributed by atoms with Crippen molar-refractivity contribution in [1.29, 1.82) is 0 Å². The molecule has 1 aliphatic rings. The average molecular weight is 500 g/mol. The second-order valence-corrected chi connectivity index (χ2v) is 5.82. The van der Waals surface area contributed by atoms with Crippen molar-refractivity contribution in [2.24, 2.45) is 10.7 Å². The third-order valence-electron chi connectivity index (χ3n) is 2.97. The number of carbonyl (C=O) groups excluding carboxylic acids is 1. The number of amides is 1. The van der Waals surface area contributed by atoms with Gasteiger partial charge in [0.05, 0.1) is 0 Å². The Bertz CT molecular complexity index is 486. The monoisotopic (exact) mass is 500 g/mol. The number of guanidine groups is 1. The molecule has 0 atom stereocenters. The quantitative estimate of drug-likeness (QED) is 0.379. The molecule has 2 rings (SSSR count). The first kappa shape index (κ1) is 17.5. The zero-order chi connectivity index (χ0) is 13.8. The highest BCUT2D eigenvalue weighted by molar-refractivity contribution is 14.1. The van der Waals surface area contributed by atoms with E-state index in [0.29, 0.717) is 12.0 Å². The number of nitrogens with two attached hydrogens (primary N) is 1. The van der Waals surface area contributed by atoms with Gasteiger partial charge in [-0.2, -0.15) is 0 Å². The van der Waals surface area contributed by atoms with Gasteiger partial charge in [0.1, 0.15) is 6.54 Å². The van der Waals surface area contributed by atoms with Crippen LogP contribution in [0, 0.1) is 3.57 Å². The van der Waals surface area contributed by atoms with Crippen molar-refractivity contribution in [2.45, 2.75) is 18.9 Å². The molecule has 110 valence electrons. The molecule has 0 radical (unpaired) electrons. The van der Waals surface area contributed by atoms with Crippen molar-refractivity contribution >= 4 is 64.1 Å². The molecular weight excluding hydrogens is 482 g/mol. The Balaban J connectivity index is 0.00000200. The number of halogens is 2. The third-order valence-corrected chi connectivity index (χ3v) is 3.69. The van der Waals surface area contributed by atoms with Crippen LogP contribution >= 0.6 is 46.6 Å². The number of hydrogen-bond acceptors (Lipinski definition) is 2. The normalized spacial score (nSPS) is 14.4. The molecule has 0 saturated heterocycles. The van der Waals surface area contributed by atoms with E-state index in [4.69, 9.17) is 5.73 Å². The standard InChI is InChI=1S/C13H17IN4O.HI/c1-18(11-6-7-11)13(15)16-8-12(19)17-10-4-2-9(14)3-5-10;/h2-5,11H,6-8H2,1H3,(H2,15,16)(H,17,19);1H. The van der Waals surface area contributed by atoms with Crippen molar-refractivity contribution in [2.75, 3.05) is 18.9 Å². The lowest BCUT2D eigenvalue weighted by Crippen LogP contribution is -2.36. The highest BCUT2D eigenvalue weighted by Crippen LogP contribution is 2.24. The summed E-state index contributed by atoms with van der Waals surface area (Å²) >= 11 is 2.22. The highest BCUT2D eigenvalue weighted by Gasteiger charge is 2.27. The van der Waals surface area contributed by atoms with Crippen LogP contribution in [0.25, 0.3) is 0 Å². The predicted octanol–water partition coefficient (Wildman–Crippen LogP) is 2.26. The number of nitrogens with zero attached hydrogens (tertiary/aromatic N) is 2. The van der Waals surface area contributed by atoms with E-state index in [1.165, 1.54) is 0 Å². The molecule has 20 heavy (non-hydrogen) atoms. The number of nitrogens with one attached hydrogen (secondary N) is 1. The fraction of sp³-hybridized carbons (Fsp3) is 0.385. The van der Waals surface area contributed by atoms with Crippen molar-refractivity contribution in [3.05, 3.63) is 27.8 Å². The fourth-order valence-electron chi connectivity index (χ4n) is 1.65. The Kier molecular flexibility index (Phi) is 7.00. The molecule has 5 nitrogen and oxygen atoms in total. The van der Waals surface area contributed by atoms with Gasteiger partial charge in [-0.25, -0.2) is 4.99 Å². The summed E-state index contributed by atoms with van der Waals surface area (Å²) in [6, 6.07) is 8.11. The van der Waals surface area contributed by atoms with Gasteiger partial charge in [0.25, 0.3) is 0 Å². The molecule has 0 aliphatic heterocycles. The minimum atomic E-state index is -0.159. The molecule has 3 N–H and O–H groups in total. The topological polar surface area (TPSA) is 70.7 Å². The Labute approximate surface area is 149 Å². The molecule has 1 aromatic rings. The Morgan fingerprint density at radius 2 is 2.05 bits per heavy atom. The van der Waals surface area contributed by atoms with E-state index in [-0.39, 0.29) is 36.4 Å². The number of benzene rings is 1. The molecule has 0 unspecified atom stereocenters. The molecule has 0 bridgehead atoms. The lowest BCUT2D eigenvalue weighted by atomic mass is 10.3. The smallest absolute Gasteiger partial charge is 0.246 e. The van der Waals surface area contributed by atoms with E-state index < -0.39 is 0 Å².